The van der Waals surface area contributed by atoms with Gasteiger partial charge in [0.25, 0.3) is 0 Å². The van der Waals surface area contributed by atoms with Crippen LogP contribution in [0.5, 0.6) is 0 Å². The van der Waals surface area contributed by atoms with Crippen molar-refractivity contribution in [2.24, 2.45) is 5.73 Å². The highest BCUT2D eigenvalue weighted by atomic mass is 32.2. The van der Waals surface area contributed by atoms with Gasteiger partial charge in [0.15, 0.2) is 0 Å². The standard InChI is InChI=1S/C24H23NO2S/c25-22(23(26)27)16-28-24(18-9-2-1-3-10-18)15-14-17-8-4-5-11-19(17)20-12-6-7-13-21(20)24/h1-4,6-10,12-15,22H,5,11,16,25H2,(H,26,27)/t22-,24?/m0/s1. The Kier molecular flexibility index (Phi) is 5.25. The van der Waals surface area contributed by atoms with Crippen molar-refractivity contribution in [1.29, 1.82) is 0 Å². The molecule has 2 aliphatic rings. The van der Waals surface area contributed by atoms with Gasteiger partial charge in [0, 0.05) is 5.75 Å². The lowest BCUT2D eigenvalue weighted by atomic mass is 9.84. The fraction of sp³-hybridized carbons (Fsp3) is 0.208. The van der Waals surface area contributed by atoms with E-state index >= 15 is 0 Å². The summed E-state index contributed by atoms with van der Waals surface area (Å²) < 4.78 is -0.490. The summed E-state index contributed by atoms with van der Waals surface area (Å²) in [6.07, 6.45) is 10.9. The molecule has 28 heavy (non-hydrogen) atoms. The number of carboxylic acid groups (broad SMARTS) is 1. The highest BCUT2D eigenvalue weighted by Gasteiger charge is 2.37. The van der Waals surface area contributed by atoms with E-state index in [-0.39, 0.29) is 0 Å². The summed E-state index contributed by atoms with van der Waals surface area (Å²) in [5.41, 5.74) is 12.0. The van der Waals surface area contributed by atoms with Crippen molar-refractivity contribution >= 4 is 23.3 Å². The van der Waals surface area contributed by atoms with E-state index in [9.17, 15) is 9.90 Å². The van der Waals surface area contributed by atoms with Crippen LogP contribution in [-0.2, 0) is 9.54 Å². The smallest absolute Gasteiger partial charge is 0.321 e. The molecule has 4 rings (SSSR count). The molecule has 0 bridgehead atoms. The van der Waals surface area contributed by atoms with Crippen LogP contribution in [0, 0.1) is 0 Å². The third-order valence-electron chi connectivity index (χ3n) is 5.37. The molecule has 0 radical (unpaired) electrons. The molecule has 0 saturated heterocycles. The van der Waals surface area contributed by atoms with Crippen LogP contribution in [0.1, 0.15) is 29.5 Å². The Morgan fingerprint density at radius 3 is 2.64 bits per heavy atom. The zero-order valence-electron chi connectivity index (χ0n) is 15.5. The first kappa shape index (κ1) is 18.8. The maximum Gasteiger partial charge on any atom is 0.321 e. The van der Waals surface area contributed by atoms with Crippen molar-refractivity contribution in [2.75, 3.05) is 5.75 Å². The summed E-state index contributed by atoms with van der Waals surface area (Å²) in [5, 5.41) is 9.31. The summed E-state index contributed by atoms with van der Waals surface area (Å²) in [6, 6.07) is 17.9. The van der Waals surface area contributed by atoms with Gasteiger partial charge >= 0.3 is 5.97 Å². The van der Waals surface area contributed by atoms with Crippen molar-refractivity contribution in [2.45, 2.75) is 23.6 Å². The average Bonchev–Trinajstić information content (AvgIpc) is 2.88. The van der Waals surface area contributed by atoms with Crippen LogP contribution in [0.25, 0.3) is 5.57 Å². The quantitative estimate of drug-likeness (QED) is 0.775. The van der Waals surface area contributed by atoms with E-state index in [1.165, 1.54) is 22.3 Å². The van der Waals surface area contributed by atoms with Gasteiger partial charge in [0.05, 0.1) is 4.75 Å². The monoisotopic (exact) mass is 389 g/mol. The summed E-state index contributed by atoms with van der Waals surface area (Å²) in [6.45, 7) is 0. The third kappa shape index (κ3) is 3.34. The Morgan fingerprint density at radius 2 is 1.86 bits per heavy atom. The van der Waals surface area contributed by atoms with E-state index in [0.717, 1.165) is 18.4 Å². The molecule has 1 unspecified atom stereocenters. The van der Waals surface area contributed by atoms with E-state index in [1.807, 2.05) is 18.2 Å². The van der Waals surface area contributed by atoms with Gasteiger partial charge in [-0.1, -0.05) is 78.9 Å². The third-order valence-corrected chi connectivity index (χ3v) is 6.94. The Bertz CT molecular complexity index is 977. The van der Waals surface area contributed by atoms with Crippen LogP contribution in [-0.4, -0.2) is 22.9 Å². The topological polar surface area (TPSA) is 63.3 Å². The van der Waals surface area contributed by atoms with Crippen LogP contribution in [0.2, 0.25) is 0 Å². The lowest BCUT2D eigenvalue weighted by Gasteiger charge is -2.33. The molecule has 142 valence electrons. The Morgan fingerprint density at radius 1 is 1.11 bits per heavy atom. The van der Waals surface area contributed by atoms with Gasteiger partial charge < -0.3 is 10.8 Å². The minimum absolute atomic E-state index is 0.323. The molecular weight excluding hydrogens is 366 g/mol. The number of hydrogen-bond donors (Lipinski definition) is 2. The largest absolute Gasteiger partial charge is 0.480 e. The lowest BCUT2D eigenvalue weighted by molar-refractivity contribution is -0.137. The van der Waals surface area contributed by atoms with Gasteiger partial charge in [-0.2, -0.15) is 0 Å². The molecule has 3 N–H and O–H groups in total. The van der Waals surface area contributed by atoms with Crippen molar-refractivity contribution in [3.8, 4) is 0 Å². The van der Waals surface area contributed by atoms with E-state index < -0.39 is 16.8 Å². The van der Waals surface area contributed by atoms with Crippen LogP contribution < -0.4 is 5.73 Å². The molecule has 0 spiro atoms. The number of carbonyl (C=O) groups is 1. The normalized spacial score (nSPS) is 21.6. The minimum Gasteiger partial charge on any atom is -0.480 e. The van der Waals surface area contributed by atoms with Gasteiger partial charge in [0.1, 0.15) is 6.04 Å². The summed E-state index contributed by atoms with van der Waals surface area (Å²) in [7, 11) is 0. The van der Waals surface area contributed by atoms with E-state index in [1.54, 1.807) is 11.8 Å². The number of allylic oxidation sites excluding steroid dienone is 5. The molecule has 2 atom stereocenters. The van der Waals surface area contributed by atoms with Crippen molar-refractivity contribution in [3.05, 3.63) is 101 Å². The number of benzene rings is 2. The first-order valence-corrected chi connectivity index (χ1v) is 10.5. The molecule has 3 nitrogen and oxygen atoms in total. The molecule has 0 aliphatic heterocycles. The first-order valence-electron chi connectivity index (χ1n) is 9.48. The fourth-order valence-corrected chi connectivity index (χ4v) is 5.32. The fourth-order valence-electron chi connectivity index (χ4n) is 3.94. The maximum absolute atomic E-state index is 11.4. The second-order valence-corrected chi connectivity index (χ2v) is 8.38. The number of thioether (sulfide) groups is 1. The Hall–Kier alpha value is -2.56. The predicted octanol–water partition coefficient (Wildman–Crippen LogP) is 4.75. The van der Waals surface area contributed by atoms with Crippen molar-refractivity contribution < 1.29 is 9.90 Å². The van der Waals surface area contributed by atoms with Gasteiger partial charge in [-0.3, -0.25) is 4.79 Å². The second-order valence-electron chi connectivity index (χ2n) is 7.11. The van der Waals surface area contributed by atoms with E-state index in [4.69, 9.17) is 5.73 Å². The van der Waals surface area contributed by atoms with Crippen LogP contribution in [0.3, 0.4) is 0 Å². The summed E-state index contributed by atoms with van der Waals surface area (Å²) in [5.74, 6) is -0.648. The number of rotatable bonds is 5. The number of fused-ring (bicyclic) bond motifs is 2. The molecule has 0 saturated carbocycles. The molecule has 0 fully saturated rings. The predicted molar refractivity (Wildman–Crippen MR) is 116 cm³/mol. The summed E-state index contributed by atoms with van der Waals surface area (Å²) in [4.78, 5) is 11.4. The second kappa shape index (κ2) is 7.82. The Labute approximate surface area is 169 Å². The SMILES string of the molecule is N[C@@H](CSC1(c2ccccc2)C=CC2=C(CCC=C2)c2ccccc21)C(=O)O. The summed E-state index contributed by atoms with van der Waals surface area (Å²) >= 11 is 1.59. The van der Waals surface area contributed by atoms with Crippen LogP contribution >= 0.6 is 11.8 Å². The van der Waals surface area contributed by atoms with Gasteiger partial charge in [-0.05, 0) is 40.7 Å². The lowest BCUT2D eigenvalue weighted by Crippen LogP contribution is -2.35. The number of aliphatic carboxylic acids is 1. The molecule has 0 amide bonds. The Balaban J connectivity index is 1.91. The van der Waals surface area contributed by atoms with Crippen LogP contribution in [0.15, 0.2) is 84.5 Å². The van der Waals surface area contributed by atoms with E-state index in [0.29, 0.717) is 5.75 Å². The molecule has 2 aromatic rings. The first-order chi connectivity index (χ1) is 13.6. The number of hydrogen-bond acceptors (Lipinski definition) is 3. The zero-order valence-corrected chi connectivity index (χ0v) is 16.4. The molecule has 0 aromatic heterocycles. The zero-order chi connectivity index (χ0) is 19.6. The highest BCUT2D eigenvalue weighted by Crippen LogP contribution is 2.50. The van der Waals surface area contributed by atoms with E-state index in [2.05, 4.69) is 60.7 Å². The highest BCUT2D eigenvalue weighted by molar-refractivity contribution is 8.00. The van der Waals surface area contributed by atoms with Crippen molar-refractivity contribution in [1.82, 2.24) is 0 Å². The van der Waals surface area contributed by atoms with Gasteiger partial charge in [-0.25, -0.2) is 0 Å². The molecular formula is C24H23NO2S. The maximum atomic E-state index is 11.4. The van der Waals surface area contributed by atoms with Crippen LogP contribution in [0.4, 0.5) is 0 Å². The van der Waals surface area contributed by atoms with Gasteiger partial charge in [0.2, 0.25) is 0 Å². The molecule has 2 aliphatic carbocycles. The number of carboxylic acids is 1. The minimum atomic E-state index is -0.970. The molecule has 2 aromatic carbocycles. The van der Waals surface area contributed by atoms with Gasteiger partial charge in [-0.15, -0.1) is 11.8 Å². The molecule has 0 heterocycles. The van der Waals surface area contributed by atoms with Crippen molar-refractivity contribution in [3.63, 3.8) is 0 Å². The molecule has 4 heteroatoms. The average molecular weight is 390 g/mol. The number of nitrogens with two attached hydrogens (primary N) is 1.